The summed E-state index contributed by atoms with van der Waals surface area (Å²) in [5.41, 5.74) is 4.53. The van der Waals surface area contributed by atoms with Gasteiger partial charge in [-0.05, 0) is 73.2 Å². The topological polar surface area (TPSA) is 174 Å². The molecule has 0 fully saturated rings. The van der Waals surface area contributed by atoms with Crippen LogP contribution in [-0.2, 0) is 14.2 Å². The summed E-state index contributed by atoms with van der Waals surface area (Å²) in [6.45, 7) is 4.56. The van der Waals surface area contributed by atoms with Crippen LogP contribution in [0.25, 0.3) is 44.8 Å². The summed E-state index contributed by atoms with van der Waals surface area (Å²) in [5, 5.41) is 30.7. The first-order valence-corrected chi connectivity index (χ1v) is 18.4. The number of anilines is 1. The van der Waals surface area contributed by atoms with Crippen molar-refractivity contribution >= 4 is 28.5 Å². The SMILES string of the molecule is Cc1nnc(-c2ccc(OCCOCCOCCOCCNC(=O)c3ccc(C(=O)O)c(-c4c5ccc(=[N+](C)C)cc-5oc5cc(N(C)C)ccc45)c3)cc2)nn1. The molecule has 2 aliphatic rings. The molecule has 6 rings (SSSR count). The summed E-state index contributed by atoms with van der Waals surface area (Å²) in [5.74, 6) is 0.803. The normalized spacial score (nSPS) is 11.2. The Labute approximate surface area is 329 Å². The van der Waals surface area contributed by atoms with Crippen LogP contribution >= 0.6 is 0 Å². The summed E-state index contributed by atoms with van der Waals surface area (Å²) >= 11 is 0. The molecule has 0 radical (unpaired) electrons. The maximum atomic E-state index is 13.3. The molecule has 0 unspecified atom stereocenters. The van der Waals surface area contributed by atoms with E-state index in [9.17, 15) is 14.7 Å². The Bertz CT molecular complexity index is 2360. The van der Waals surface area contributed by atoms with Gasteiger partial charge >= 0.3 is 5.97 Å². The predicted molar refractivity (Wildman–Crippen MR) is 215 cm³/mol. The molecule has 1 aliphatic carbocycles. The summed E-state index contributed by atoms with van der Waals surface area (Å²) in [6.07, 6.45) is 0. The molecule has 4 aromatic rings. The Kier molecular flexibility index (Phi) is 13.5. The molecule has 1 aromatic heterocycles. The second kappa shape index (κ2) is 19.0. The quantitative estimate of drug-likeness (QED) is 0.0715. The van der Waals surface area contributed by atoms with Crippen molar-refractivity contribution in [1.29, 1.82) is 0 Å². The number of hydrogen-bond donors (Lipinski definition) is 2. The molecule has 2 N–H and O–H groups in total. The summed E-state index contributed by atoms with van der Waals surface area (Å²) in [7, 11) is 7.76. The van der Waals surface area contributed by atoms with Gasteiger partial charge in [0.2, 0.25) is 11.2 Å². The number of aryl methyl sites for hydroxylation is 1. The van der Waals surface area contributed by atoms with Gasteiger partial charge in [0.25, 0.3) is 5.91 Å². The standard InChI is InChI=1S/C42H45N7O8/c1-27-44-46-40(47-45-27)28-6-11-32(12-7-28)56-23-22-55-21-20-54-19-18-53-17-16-43-41(50)29-8-13-33(42(51)52)36(24-29)39-34-14-9-30(48(2)3)25-37(34)57-38-26-31(49(4)5)10-15-35(38)39/h6-15,24-26H,16-23H2,1-5H3,(H-,43,50,51,52)/p+1. The first-order chi connectivity index (χ1) is 27.6. The summed E-state index contributed by atoms with van der Waals surface area (Å²) in [4.78, 5) is 27.8. The highest BCUT2D eigenvalue weighted by atomic mass is 16.6. The Morgan fingerprint density at radius 2 is 1.46 bits per heavy atom. The predicted octanol–water partition coefficient (Wildman–Crippen LogP) is 4.41. The number of carboxylic acids is 1. The highest BCUT2D eigenvalue weighted by molar-refractivity contribution is 6.09. The maximum Gasteiger partial charge on any atom is 0.336 e. The fourth-order valence-electron chi connectivity index (χ4n) is 5.99. The van der Waals surface area contributed by atoms with Crippen LogP contribution in [0.5, 0.6) is 5.75 Å². The lowest BCUT2D eigenvalue weighted by molar-refractivity contribution is 0.00988. The lowest BCUT2D eigenvalue weighted by atomic mass is 9.89. The van der Waals surface area contributed by atoms with Gasteiger partial charge in [0.05, 0.1) is 51.3 Å². The number of carboxylic acid groups (broad SMARTS) is 1. The van der Waals surface area contributed by atoms with Crippen LogP contribution in [0.1, 0.15) is 26.5 Å². The minimum atomic E-state index is -1.10. The lowest BCUT2D eigenvalue weighted by Crippen LogP contribution is -2.27. The molecule has 0 atom stereocenters. The Morgan fingerprint density at radius 1 is 0.772 bits per heavy atom. The molecule has 15 heteroatoms. The highest BCUT2D eigenvalue weighted by Gasteiger charge is 2.24. The Hall–Kier alpha value is -6.29. The van der Waals surface area contributed by atoms with E-state index in [-0.39, 0.29) is 24.6 Å². The third-order valence-corrected chi connectivity index (χ3v) is 8.97. The molecule has 296 valence electrons. The van der Waals surface area contributed by atoms with Gasteiger partial charge in [0.15, 0.2) is 5.82 Å². The second-order valence-corrected chi connectivity index (χ2v) is 13.4. The Morgan fingerprint density at radius 3 is 2.12 bits per heavy atom. The van der Waals surface area contributed by atoms with Gasteiger partial charge in [0.1, 0.15) is 37.8 Å². The molecule has 2 heterocycles. The van der Waals surface area contributed by atoms with Crippen LogP contribution in [0.3, 0.4) is 0 Å². The molecule has 1 amide bonds. The van der Waals surface area contributed by atoms with E-state index >= 15 is 0 Å². The first kappa shape index (κ1) is 40.4. The number of benzene rings is 4. The average molecular weight is 777 g/mol. The van der Waals surface area contributed by atoms with E-state index in [4.69, 9.17) is 23.4 Å². The van der Waals surface area contributed by atoms with Crippen LogP contribution in [0.2, 0.25) is 0 Å². The van der Waals surface area contributed by atoms with Gasteiger partial charge in [-0.25, -0.2) is 9.37 Å². The van der Waals surface area contributed by atoms with Crippen molar-refractivity contribution < 1.29 is 38.1 Å². The number of ether oxygens (including phenoxy) is 4. The zero-order valence-corrected chi connectivity index (χ0v) is 32.7. The Balaban J connectivity index is 0.961. The molecular weight excluding hydrogens is 731 g/mol. The summed E-state index contributed by atoms with van der Waals surface area (Å²) in [6, 6.07) is 23.6. The number of hydrogen-bond acceptors (Lipinski definition) is 12. The monoisotopic (exact) mass is 776 g/mol. The largest absolute Gasteiger partial charge is 0.491 e. The van der Waals surface area contributed by atoms with E-state index in [1.807, 2.05) is 98.3 Å². The van der Waals surface area contributed by atoms with Crippen LogP contribution in [0.4, 0.5) is 5.69 Å². The van der Waals surface area contributed by atoms with Crippen molar-refractivity contribution in [2.75, 3.05) is 85.9 Å². The van der Waals surface area contributed by atoms with Gasteiger partial charge in [0, 0.05) is 66.1 Å². The zero-order valence-electron chi connectivity index (χ0n) is 32.7. The van der Waals surface area contributed by atoms with Crippen molar-refractivity contribution in [2.24, 2.45) is 0 Å². The van der Waals surface area contributed by atoms with Gasteiger partial charge < -0.3 is 38.7 Å². The number of nitrogens with one attached hydrogen (secondary N) is 1. The summed E-state index contributed by atoms with van der Waals surface area (Å²) < 4.78 is 30.9. The number of carbonyl (C=O) groups is 2. The third-order valence-electron chi connectivity index (χ3n) is 8.97. The molecule has 0 saturated carbocycles. The zero-order chi connectivity index (χ0) is 40.3. The lowest BCUT2D eigenvalue weighted by Gasteiger charge is -2.19. The van der Waals surface area contributed by atoms with E-state index in [1.165, 1.54) is 12.1 Å². The van der Waals surface area contributed by atoms with Crippen molar-refractivity contribution in [1.82, 2.24) is 30.3 Å². The molecule has 0 spiro atoms. The third kappa shape index (κ3) is 10.3. The van der Waals surface area contributed by atoms with E-state index in [1.54, 1.807) is 13.0 Å². The fourth-order valence-corrected chi connectivity index (χ4v) is 5.99. The number of rotatable bonds is 18. The number of nitrogens with zero attached hydrogens (tertiary/aromatic N) is 6. The van der Waals surface area contributed by atoms with E-state index in [0.29, 0.717) is 85.1 Å². The van der Waals surface area contributed by atoms with Crippen molar-refractivity contribution in [3.63, 3.8) is 0 Å². The van der Waals surface area contributed by atoms with Gasteiger partial charge in [-0.1, -0.05) is 0 Å². The van der Waals surface area contributed by atoms with Gasteiger partial charge in [-0.2, -0.15) is 0 Å². The second-order valence-electron chi connectivity index (χ2n) is 13.4. The number of fused-ring (bicyclic) bond motifs is 2. The average Bonchev–Trinajstić information content (AvgIpc) is 3.21. The van der Waals surface area contributed by atoms with Crippen molar-refractivity contribution in [3.8, 4) is 39.6 Å². The first-order valence-electron chi connectivity index (χ1n) is 18.4. The number of aromatic nitrogens is 4. The molecule has 1 aliphatic heterocycles. The molecule has 0 bridgehead atoms. The molecular formula is C42H46N7O8+. The van der Waals surface area contributed by atoms with Crippen LogP contribution in [-0.4, -0.2) is 118 Å². The number of carbonyl (C=O) groups excluding carboxylic acids is 1. The van der Waals surface area contributed by atoms with Gasteiger partial charge in [-0.15, -0.1) is 20.4 Å². The fraction of sp³-hybridized carbons (Fsp3) is 0.310. The van der Waals surface area contributed by atoms with Crippen LogP contribution in [0, 0.1) is 6.92 Å². The smallest absolute Gasteiger partial charge is 0.336 e. The van der Waals surface area contributed by atoms with Crippen LogP contribution < -0.4 is 24.9 Å². The van der Waals surface area contributed by atoms with E-state index in [2.05, 4.69) is 25.7 Å². The molecule has 15 nitrogen and oxygen atoms in total. The number of amides is 1. The maximum absolute atomic E-state index is 13.3. The van der Waals surface area contributed by atoms with E-state index in [0.717, 1.165) is 27.6 Å². The van der Waals surface area contributed by atoms with Crippen molar-refractivity contribution in [3.05, 3.63) is 101 Å². The van der Waals surface area contributed by atoms with Gasteiger partial charge in [-0.3, -0.25) is 4.79 Å². The molecule has 0 saturated heterocycles. The highest BCUT2D eigenvalue weighted by Crippen LogP contribution is 2.42. The minimum absolute atomic E-state index is 0.0728. The van der Waals surface area contributed by atoms with Crippen LogP contribution in [0.15, 0.2) is 83.3 Å². The number of aromatic carboxylic acids is 1. The van der Waals surface area contributed by atoms with E-state index < -0.39 is 5.97 Å². The molecule has 3 aromatic carbocycles. The minimum Gasteiger partial charge on any atom is -0.491 e. The van der Waals surface area contributed by atoms with Crippen molar-refractivity contribution in [2.45, 2.75) is 6.92 Å². The molecule has 57 heavy (non-hydrogen) atoms.